The van der Waals surface area contributed by atoms with Gasteiger partial charge < -0.3 is 10.2 Å². The lowest BCUT2D eigenvalue weighted by Gasteiger charge is -2.28. The fourth-order valence-electron chi connectivity index (χ4n) is 2.61. The highest BCUT2D eigenvalue weighted by molar-refractivity contribution is 7.99. The number of thioether (sulfide) groups is 1. The van der Waals surface area contributed by atoms with Crippen molar-refractivity contribution in [3.8, 4) is 0 Å². The van der Waals surface area contributed by atoms with E-state index >= 15 is 0 Å². The van der Waals surface area contributed by atoms with E-state index in [0.29, 0.717) is 12.2 Å². The highest BCUT2D eigenvalue weighted by atomic mass is 32.2. The van der Waals surface area contributed by atoms with Crippen LogP contribution in [0.2, 0.25) is 0 Å². The van der Waals surface area contributed by atoms with Gasteiger partial charge in [0.25, 0.3) is 0 Å². The normalized spacial score (nSPS) is 11.7. The van der Waals surface area contributed by atoms with Gasteiger partial charge in [0.05, 0.1) is 0 Å². The summed E-state index contributed by atoms with van der Waals surface area (Å²) in [6.07, 6.45) is 0.321. The molecule has 0 spiro atoms. The average Bonchev–Trinajstić information content (AvgIpc) is 2.67. The van der Waals surface area contributed by atoms with Crippen LogP contribution in [0, 0.1) is 12.7 Å². The Labute approximate surface area is 164 Å². The van der Waals surface area contributed by atoms with E-state index in [0.717, 1.165) is 10.5 Å². The average molecular weight is 389 g/mol. The molecule has 2 amide bonds. The molecule has 2 rings (SSSR count). The summed E-state index contributed by atoms with van der Waals surface area (Å²) in [6.45, 7) is 4.00. The maximum Gasteiger partial charge on any atom is 0.242 e. The van der Waals surface area contributed by atoms with Gasteiger partial charge in [-0.15, -0.1) is 11.8 Å². The predicted octanol–water partition coefficient (Wildman–Crippen LogP) is 3.78. The molecule has 1 N–H and O–H groups in total. The van der Waals surface area contributed by atoms with Gasteiger partial charge in [0.2, 0.25) is 11.8 Å². The third-order valence-electron chi connectivity index (χ3n) is 4.29. The molecule has 27 heavy (non-hydrogen) atoms. The van der Waals surface area contributed by atoms with E-state index in [4.69, 9.17) is 0 Å². The van der Waals surface area contributed by atoms with E-state index in [1.807, 2.05) is 31.2 Å². The quantitative estimate of drug-likeness (QED) is 0.700. The van der Waals surface area contributed by atoms with Crippen molar-refractivity contribution in [3.63, 3.8) is 0 Å². The van der Waals surface area contributed by atoms with E-state index in [1.54, 1.807) is 42.8 Å². The van der Waals surface area contributed by atoms with Crippen LogP contribution in [-0.4, -0.2) is 35.6 Å². The van der Waals surface area contributed by atoms with Gasteiger partial charge in [-0.2, -0.15) is 0 Å². The van der Waals surface area contributed by atoms with Gasteiger partial charge in [0.15, 0.2) is 0 Å². The zero-order valence-electron chi connectivity index (χ0n) is 15.9. The molecule has 144 valence electrons. The van der Waals surface area contributed by atoms with Crippen molar-refractivity contribution in [1.29, 1.82) is 0 Å². The molecule has 1 atom stereocenters. The molecule has 0 aliphatic rings. The molecule has 6 heteroatoms. The standard InChI is InChI=1S/C21H25FN2O2S/c1-15-4-10-19(11-5-15)27-13-12-20(25)24(16(2)21(26)23-3)14-17-6-8-18(22)9-7-17/h4-11,16H,12-14H2,1-3H3,(H,23,26). The number of amides is 2. The number of halogens is 1. The molecule has 0 radical (unpaired) electrons. The predicted molar refractivity (Wildman–Crippen MR) is 107 cm³/mol. The molecule has 0 heterocycles. The fourth-order valence-corrected chi connectivity index (χ4v) is 3.45. The monoisotopic (exact) mass is 388 g/mol. The maximum atomic E-state index is 13.1. The van der Waals surface area contributed by atoms with Crippen molar-refractivity contribution in [2.75, 3.05) is 12.8 Å². The molecule has 1 unspecified atom stereocenters. The van der Waals surface area contributed by atoms with Gasteiger partial charge in [-0.3, -0.25) is 9.59 Å². The second-order valence-electron chi connectivity index (χ2n) is 6.35. The van der Waals surface area contributed by atoms with Crippen LogP contribution in [0.15, 0.2) is 53.4 Å². The van der Waals surface area contributed by atoms with E-state index in [2.05, 4.69) is 5.32 Å². The number of hydrogen-bond acceptors (Lipinski definition) is 3. The molecule has 0 saturated carbocycles. The summed E-state index contributed by atoms with van der Waals surface area (Å²) in [5, 5.41) is 2.58. The number of hydrogen-bond donors (Lipinski definition) is 1. The Morgan fingerprint density at radius 2 is 1.74 bits per heavy atom. The van der Waals surface area contributed by atoms with Gasteiger partial charge in [0, 0.05) is 30.7 Å². The smallest absolute Gasteiger partial charge is 0.242 e. The van der Waals surface area contributed by atoms with Crippen LogP contribution in [0.5, 0.6) is 0 Å². The van der Waals surface area contributed by atoms with Crippen LogP contribution in [-0.2, 0) is 16.1 Å². The minimum atomic E-state index is -0.600. The number of carbonyl (C=O) groups excluding carboxylic acids is 2. The van der Waals surface area contributed by atoms with Crippen molar-refractivity contribution in [3.05, 3.63) is 65.5 Å². The van der Waals surface area contributed by atoms with Crippen molar-refractivity contribution in [1.82, 2.24) is 10.2 Å². The lowest BCUT2D eigenvalue weighted by Crippen LogP contribution is -2.46. The van der Waals surface area contributed by atoms with E-state index in [9.17, 15) is 14.0 Å². The maximum absolute atomic E-state index is 13.1. The minimum Gasteiger partial charge on any atom is -0.357 e. The minimum absolute atomic E-state index is 0.102. The fraction of sp³-hybridized carbons (Fsp3) is 0.333. The van der Waals surface area contributed by atoms with Gasteiger partial charge in [-0.1, -0.05) is 29.8 Å². The van der Waals surface area contributed by atoms with Crippen molar-refractivity contribution < 1.29 is 14.0 Å². The van der Waals surface area contributed by atoms with Crippen LogP contribution >= 0.6 is 11.8 Å². The van der Waals surface area contributed by atoms with Crippen molar-refractivity contribution >= 4 is 23.6 Å². The van der Waals surface area contributed by atoms with Crippen LogP contribution in [0.3, 0.4) is 0 Å². The second kappa shape index (κ2) is 10.1. The summed E-state index contributed by atoms with van der Waals surface area (Å²) >= 11 is 1.61. The molecule has 0 aliphatic carbocycles. The topological polar surface area (TPSA) is 49.4 Å². The summed E-state index contributed by atoms with van der Waals surface area (Å²) in [6, 6.07) is 13.5. The molecular weight excluding hydrogens is 363 g/mol. The summed E-state index contributed by atoms with van der Waals surface area (Å²) in [5.41, 5.74) is 1.98. The summed E-state index contributed by atoms with van der Waals surface area (Å²) in [4.78, 5) is 27.5. The third kappa shape index (κ3) is 6.40. The summed E-state index contributed by atoms with van der Waals surface area (Å²) in [5.74, 6) is -0.0281. The summed E-state index contributed by atoms with van der Waals surface area (Å²) in [7, 11) is 1.55. The van der Waals surface area contributed by atoms with Crippen molar-refractivity contribution in [2.45, 2.75) is 37.8 Å². The van der Waals surface area contributed by atoms with Crippen LogP contribution in [0.25, 0.3) is 0 Å². The van der Waals surface area contributed by atoms with Gasteiger partial charge in [-0.25, -0.2) is 4.39 Å². The number of rotatable bonds is 8. The van der Waals surface area contributed by atoms with Gasteiger partial charge in [-0.05, 0) is 43.7 Å². The molecular formula is C21H25FN2O2S. The van der Waals surface area contributed by atoms with E-state index in [-0.39, 0.29) is 24.2 Å². The number of nitrogens with one attached hydrogen (secondary N) is 1. The largest absolute Gasteiger partial charge is 0.357 e. The van der Waals surface area contributed by atoms with E-state index in [1.165, 1.54) is 17.7 Å². The molecule has 0 saturated heterocycles. The molecule has 0 aromatic heterocycles. The van der Waals surface area contributed by atoms with Crippen molar-refractivity contribution in [2.24, 2.45) is 0 Å². The SMILES string of the molecule is CNC(=O)C(C)N(Cc1ccc(F)cc1)C(=O)CCSc1ccc(C)cc1. The molecule has 2 aromatic carbocycles. The Morgan fingerprint density at radius 1 is 1.11 bits per heavy atom. The molecule has 4 nitrogen and oxygen atoms in total. The molecule has 0 aliphatic heterocycles. The van der Waals surface area contributed by atoms with Gasteiger partial charge >= 0.3 is 0 Å². The lowest BCUT2D eigenvalue weighted by molar-refractivity contribution is -0.140. The number of nitrogens with zero attached hydrogens (tertiary/aromatic N) is 1. The first-order chi connectivity index (χ1) is 12.9. The Bertz CT molecular complexity index is 763. The Balaban J connectivity index is 2.02. The number of carbonyl (C=O) groups is 2. The molecule has 0 fully saturated rings. The highest BCUT2D eigenvalue weighted by Gasteiger charge is 2.25. The Morgan fingerprint density at radius 3 is 2.33 bits per heavy atom. The first kappa shape index (κ1) is 21.0. The van der Waals surface area contributed by atoms with E-state index < -0.39 is 6.04 Å². The summed E-state index contributed by atoms with van der Waals surface area (Å²) < 4.78 is 13.1. The van der Waals surface area contributed by atoms with Gasteiger partial charge in [0.1, 0.15) is 11.9 Å². The second-order valence-corrected chi connectivity index (χ2v) is 7.52. The molecule has 2 aromatic rings. The number of aryl methyl sites for hydroxylation is 1. The van der Waals surface area contributed by atoms with Crippen LogP contribution < -0.4 is 5.32 Å². The van der Waals surface area contributed by atoms with Crippen LogP contribution in [0.4, 0.5) is 4.39 Å². The van der Waals surface area contributed by atoms with Crippen LogP contribution in [0.1, 0.15) is 24.5 Å². The highest BCUT2D eigenvalue weighted by Crippen LogP contribution is 2.20. The zero-order chi connectivity index (χ0) is 19.8. The lowest BCUT2D eigenvalue weighted by atomic mass is 10.1. The third-order valence-corrected chi connectivity index (χ3v) is 5.30. The first-order valence-electron chi connectivity index (χ1n) is 8.85. The zero-order valence-corrected chi connectivity index (χ0v) is 16.7. The first-order valence-corrected chi connectivity index (χ1v) is 9.84. The number of likely N-dealkylation sites (N-methyl/N-ethyl adjacent to an activating group) is 1. The number of benzene rings is 2. The Kier molecular flexibility index (Phi) is 7.85. The molecule has 0 bridgehead atoms. The Hall–Kier alpha value is -2.34.